The van der Waals surface area contributed by atoms with Crippen LogP contribution in [0.4, 0.5) is 0 Å². The normalized spacial score (nSPS) is 10.6. The van der Waals surface area contributed by atoms with E-state index in [-0.39, 0.29) is 22.3 Å². The van der Waals surface area contributed by atoms with E-state index in [9.17, 15) is 19.8 Å². The second-order valence-corrected chi connectivity index (χ2v) is 3.40. The molecule has 0 spiro atoms. The number of hydrogen-bond acceptors (Lipinski definition) is 5. The van der Waals surface area contributed by atoms with Gasteiger partial charge in [-0.1, -0.05) is 0 Å². The van der Waals surface area contributed by atoms with Gasteiger partial charge in [-0.3, -0.25) is 4.79 Å². The number of phenolic OH excluding ortho intramolecular Hbond substituents is 2. The molecule has 1 aromatic carbocycles. The lowest BCUT2D eigenvalue weighted by Crippen LogP contribution is -2.00. The van der Waals surface area contributed by atoms with Crippen molar-refractivity contribution in [2.75, 3.05) is 0 Å². The average Bonchev–Trinajstić information content (AvgIpc) is 2.15. The van der Waals surface area contributed by atoms with E-state index >= 15 is 0 Å². The van der Waals surface area contributed by atoms with Crippen molar-refractivity contribution in [1.82, 2.24) is 0 Å². The lowest BCUT2D eigenvalue weighted by Gasteiger charge is -2.06. The first-order chi connectivity index (χ1) is 7.54. The number of aryl methyl sites for hydroxylation is 1. The van der Waals surface area contributed by atoms with Crippen LogP contribution in [0.2, 0.25) is 0 Å². The summed E-state index contributed by atoms with van der Waals surface area (Å²) in [7, 11) is 0. The van der Waals surface area contributed by atoms with Gasteiger partial charge in [0.15, 0.2) is 11.9 Å². The fourth-order valence-electron chi connectivity index (χ4n) is 1.63. The summed E-state index contributed by atoms with van der Waals surface area (Å²) < 4.78 is 4.82. The van der Waals surface area contributed by atoms with Crippen molar-refractivity contribution < 1.29 is 19.4 Å². The summed E-state index contributed by atoms with van der Waals surface area (Å²) in [6.07, 6.45) is 0.374. The lowest BCUT2D eigenvalue weighted by molar-refractivity contribution is 0.112. The van der Waals surface area contributed by atoms with E-state index < -0.39 is 11.4 Å². The van der Waals surface area contributed by atoms with Crippen LogP contribution in [0.3, 0.4) is 0 Å². The summed E-state index contributed by atoms with van der Waals surface area (Å²) in [4.78, 5) is 21.9. The first-order valence-corrected chi connectivity index (χ1v) is 4.49. The molecular weight excluding hydrogens is 212 g/mol. The second kappa shape index (κ2) is 3.37. The Bertz CT molecular complexity index is 639. The van der Waals surface area contributed by atoms with E-state index in [4.69, 9.17) is 4.42 Å². The fraction of sp³-hybridized carbons (Fsp3) is 0.0909. The summed E-state index contributed by atoms with van der Waals surface area (Å²) in [6.45, 7) is 1.60. The zero-order valence-electron chi connectivity index (χ0n) is 8.35. The van der Waals surface area contributed by atoms with Crippen LogP contribution in [-0.2, 0) is 0 Å². The monoisotopic (exact) mass is 220 g/mol. The van der Waals surface area contributed by atoms with Crippen molar-refractivity contribution in [1.29, 1.82) is 0 Å². The minimum Gasteiger partial charge on any atom is -0.507 e. The quantitative estimate of drug-likeness (QED) is 0.559. The van der Waals surface area contributed by atoms with E-state index in [2.05, 4.69) is 0 Å². The number of benzene rings is 1. The molecule has 2 N–H and O–H groups in total. The molecule has 5 nitrogen and oxygen atoms in total. The maximum atomic E-state index is 11.1. The highest BCUT2D eigenvalue weighted by atomic mass is 16.4. The van der Waals surface area contributed by atoms with Gasteiger partial charge >= 0.3 is 5.63 Å². The average molecular weight is 220 g/mol. The smallest absolute Gasteiger partial charge is 0.336 e. The third-order valence-corrected chi connectivity index (χ3v) is 2.33. The Morgan fingerprint density at radius 2 is 1.94 bits per heavy atom. The fourth-order valence-corrected chi connectivity index (χ4v) is 1.63. The van der Waals surface area contributed by atoms with Gasteiger partial charge in [0.25, 0.3) is 0 Å². The molecule has 0 saturated heterocycles. The molecule has 0 radical (unpaired) electrons. The Hall–Kier alpha value is -2.30. The predicted molar refractivity (Wildman–Crippen MR) is 55.9 cm³/mol. The molecule has 2 aromatic rings. The molecule has 16 heavy (non-hydrogen) atoms. The highest BCUT2D eigenvalue weighted by Gasteiger charge is 2.15. The Morgan fingerprint density at radius 1 is 1.25 bits per heavy atom. The van der Waals surface area contributed by atoms with E-state index in [0.717, 1.165) is 6.07 Å². The molecule has 2 rings (SSSR count). The van der Waals surface area contributed by atoms with Gasteiger partial charge in [-0.05, 0) is 12.5 Å². The van der Waals surface area contributed by atoms with E-state index in [1.165, 1.54) is 6.07 Å². The number of aromatic hydroxyl groups is 2. The standard InChI is InChI=1S/C11H8O5/c1-5-2-9(15)16-11-6(4-12)7(13)3-8(14)10(5)11/h2-4,13-14H,1H3. The van der Waals surface area contributed by atoms with Gasteiger partial charge in [-0.15, -0.1) is 0 Å². The van der Waals surface area contributed by atoms with Crippen LogP contribution in [0, 0.1) is 6.92 Å². The van der Waals surface area contributed by atoms with Gasteiger partial charge < -0.3 is 14.6 Å². The first kappa shape index (κ1) is 10.2. The largest absolute Gasteiger partial charge is 0.507 e. The summed E-state index contributed by atoms with van der Waals surface area (Å²) in [5.74, 6) is -0.659. The molecule has 0 aliphatic rings. The van der Waals surface area contributed by atoms with Gasteiger partial charge in [0.2, 0.25) is 0 Å². The van der Waals surface area contributed by atoms with Crippen LogP contribution in [0.1, 0.15) is 15.9 Å². The van der Waals surface area contributed by atoms with Gasteiger partial charge in [-0.25, -0.2) is 4.79 Å². The number of aldehydes is 1. The van der Waals surface area contributed by atoms with Gasteiger partial charge in [0.05, 0.1) is 10.9 Å². The number of hydrogen-bond donors (Lipinski definition) is 2. The Labute approximate surface area is 89.6 Å². The minimum absolute atomic E-state index is 0.0995. The molecule has 0 amide bonds. The lowest BCUT2D eigenvalue weighted by atomic mass is 10.1. The predicted octanol–water partition coefficient (Wildman–Crippen LogP) is 1.33. The van der Waals surface area contributed by atoms with E-state index in [0.29, 0.717) is 11.8 Å². The van der Waals surface area contributed by atoms with Gasteiger partial charge in [0.1, 0.15) is 11.5 Å². The van der Waals surface area contributed by atoms with Gasteiger partial charge in [-0.2, -0.15) is 0 Å². The molecule has 1 aromatic heterocycles. The maximum absolute atomic E-state index is 11.1. The first-order valence-electron chi connectivity index (χ1n) is 4.49. The highest BCUT2D eigenvalue weighted by Crippen LogP contribution is 2.34. The number of phenols is 2. The molecule has 0 atom stereocenters. The molecule has 0 aliphatic heterocycles. The van der Waals surface area contributed by atoms with Crippen LogP contribution in [0.15, 0.2) is 21.3 Å². The van der Waals surface area contributed by atoms with E-state index in [1.54, 1.807) is 6.92 Å². The molecule has 0 fully saturated rings. The number of carbonyl (C=O) groups excluding carboxylic acids is 1. The molecule has 1 heterocycles. The summed E-state index contributed by atoms with van der Waals surface area (Å²) in [6, 6.07) is 2.24. The van der Waals surface area contributed by atoms with Crippen LogP contribution >= 0.6 is 0 Å². The SMILES string of the molecule is Cc1cc(=O)oc2c(C=O)c(O)cc(O)c12. The third kappa shape index (κ3) is 1.33. The topological polar surface area (TPSA) is 87.7 Å². The van der Waals surface area contributed by atoms with Crippen molar-refractivity contribution in [2.45, 2.75) is 6.92 Å². The molecular formula is C11H8O5. The summed E-state index contributed by atoms with van der Waals surface area (Å²) in [5.41, 5.74) is -0.406. The Morgan fingerprint density at radius 3 is 2.56 bits per heavy atom. The van der Waals surface area contributed by atoms with E-state index in [1.807, 2.05) is 0 Å². The van der Waals surface area contributed by atoms with Crippen molar-refractivity contribution in [3.8, 4) is 11.5 Å². The van der Waals surface area contributed by atoms with Crippen LogP contribution in [-0.4, -0.2) is 16.5 Å². The molecule has 0 saturated carbocycles. The van der Waals surface area contributed by atoms with Crippen LogP contribution in [0.25, 0.3) is 11.0 Å². The maximum Gasteiger partial charge on any atom is 0.336 e. The number of fused-ring (bicyclic) bond motifs is 1. The molecule has 0 aliphatic carbocycles. The van der Waals surface area contributed by atoms with Crippen LogP contribution in [0.5, 0.6) is 11.5 Å². The molecule has 0 unspecified atom stereocenters. The zero-order valence-corrected chi connectivity index (χ0v) is 8.35. The highest BCUT2D eigenvalue weighted by molar-refractivity contribution is 6.01. The summed E-state index contributed by atoms with van der Waals surface area (Å²) >= 11 is 0. The minimum atomic E-state index is -0.641. The number of rotatable bonds is 1. The molecule has 82 valence electrons. The third-order valence-electron chi connectivity index (χ3n) is 2.33. The van der Waals surface area contributed by atoms with Crippen molar-refractivity contribution in [3.05, 3.63) is 33.7 Å². The van der Waals surface area contributed by atoms with Crippen molar-refractivity contribution in [2.24, 2.45) is 0 Å². The van der Waals surface area contributed by atoms with Crippen molar-refractivity contribution >= 4 is 17.3 Å². The second-order valence-electron chi connectivity index (χ2n) is 3.40. The Balaban J connectivity index is 3.11. The van der Waals surface area contributed by atoms with Crippen molar-refractivity contribution in [3.63, 3.8) is 0 Å². The zero-order chi connectivity index (χ0) is 11.9. The summed E-state index contributed by atoms with van der Waals surface area (Å²) in [5, 5.41) is 19.3. The number of carbonyl (C=O) groups is 1. The Kier molecular flexibility index (Phi) is 2.16. The van der Waals surface area contributed by atoms with Gasteiger partial charge in [0, 0.05) is 12.1 Å². The van der Waals surface area contributed by atoms with Crippen LogP contribution < -0.4 is 5.63 Å². The molecule has 5 heteroatoms. The molecule has 0 bridgehead atoms.